The van der Waals surface area contributed by atoms with Gasteiger partial charge >= 0.3 is 0 Å². The Labute approximate surface area is 208 Å². The molecule has 1 aliphatic rings. The highest BCUT2D eigenvalue weighted by Gasteiger charge is 2.35. The van der Waals surface area contributed by atoms with E-state index in [0.29, 0.717) is 23.8 Å². The molecule has 0 aliphatic carbocycles. The average Bonchev–Trinajstić information content (AvgIpc) is 3.32. The summed E-state index contributed by atoms with van der Waals surface area (Å²) in [5.74, 6) is 0.570. The van der Waals surface area contributed by atoms with Crippen LogP contribution in [0.4, 0.5) is 5.95 Å². The van der Waals surface area contributed by atoms with Crippen LogP contribution in [0.15, 0.2) is 66.9 Å². The molecule has 4 aromatic rings. The van der Waals surface area contributed by atoms with Crippen molar-refractivity contribution in [1.29, 1.82) is 0 Å². The fourth-order valence-corrected chi connectivity index (χ4v) is 5.51. The normalized spacial score (nSPS) is 15.2. The lowest BCUT2D eigenvalue weighted by Crippen LogP contribution is -2.39. The maximum absolute atomic E-state index is 11.3. The Morgan fingerprint density at radius 2 is 1.85 bits per heavy atom. The number of thiazole rings is 1. The van der Waals surface area contributed by atoms with Crippen molar-refractivity contribution >= 4 is 28.9 Å². The minimum absolute atomic E-state index is 0.570. The number of aliphatic hydroxyl groups is 1. The van der Waals surface area contributed by atoms with Gasteiger partial charge in [0.05, 0.1) is 16.3 Å². The summed E-state index contributed by atoms with van der Waals surface area (Å²) in [6.07, 6.45) is 3.90. The van der Waals surface area contributed by atoms with E-state index in [2.05, 4.69) is 27.8 Å². The van der Waals surface area contributed by atoms with Gasteiger partial charge in [0, 0.05) is 23.3 Å². The summed E-state index contributed by atoms with van der Waals surface area (Å²) in [5, 5.41) is 19.4. The van der Waals surface area contributed by atoms with Crippen LogP contribution in [0.1, 0.15) is 23.4 Å². The lowest BCUT2D eigenvalue weighted by Gasteiger charge is -2.30. The first-order valence-electron chi connectivity index (χ1n) is 11.4. The third-order valence-corrected chi connectivity index (χ3v) is 7.49. The molecule has 0 saturated carbocycles. The molecule has 174 valence electrons. The van der Waals surface area contributed by atoms with Crippen molar-refractivity contribution in [3.63, 3.8) is 0 Å². The summed E-state index contributed by atoms with van der Waals surface area (Å²) in [6.45, 7) is 2.26. The quantitative estimate of drug-likeness (QED) is 0.332. The summed E-state index contributed by atoms with van der Waals surface area (Å²) < 4.78 is 0. The van der Waals surface area contributed by atoms with Crippen molar-refractivity contribution in [2.45, 2.75) is 24.9 Å². The van der Waals surface area contributed by atoms with Gasteiger partial charge in [-0.2, -0.15) is 0 Å². The SMILES string of the molecule is OC1(c2nc(-c3cccc(Cl)c3)c(-c3ccnc(NCCc4ccccc4)n3)s2)CCNCC1. The van der Waals surface area contributed by atoms with Crippen LogP contribution < -0.4 is 10.6 Å². The first kappa shape index (κ1) is 22.9. The topological polar surface area (TPSA) is 83.0 Å². The van der Waals surface area contributed by atoms with Gasteiger partial charge in [-0.1, -0.05) is 54.1 Å². The third-order valence-electron chi connectivity index (χ3n) is 5.98. The van der Waals surface area contributed by atoms with Gasteiger partial charge in [0.2, 0.25) is 5.95 Å². The minimum atomic E-state index is -0.939. The highest BCUT2D eigenvalue weighted by molar-refractivity contribution is 7.15. The van der Waals surface area contributed by atoms with Gasteiger partial charge in [0.15, 0.2) is 0 Å². The Bertz CT molecular complexity index is 1260. The fraction of sp³-hybridized carbons (Fsp3) is 0.269. The number of hydrogen-bond acceptors (Lipinski definition) is 7. The van der Waals surface area contributed by atoms with Crippen molar-refractivity contribution in [3.8, 4) is 21.8 Å². The highest BCUT2D eigenvalue weighted by Crippen LogP contribution is 2.42. The van der Waals surface area contributed by atoms with Crippen LogP contribution in [0.3, 0.4) is 0 Å². The van der Waals surface area contributed by atoms with Crippen LogP contribution in [0.2, 0.25) is 5.02 Å². The molecule has 1 fully saturated rings. The van der Waals surface area contributed by atoms with Crippen molar-refractivity contribution in [1.82, 2.24) is 20.3 Å². The zero-order valence-electron chi connectivity index (χ0n) is 18.7. The van der Waals surface area contributed by atoms with Gasteiger partial charge in [-0.05, 0) is 56.1 Å². The molecule has 0 radical (unpaired) electrons. The fourth-order valence-electron chi connectivity index (χ4n) is 4.11. The second kappa shape index (κ2) is 10.2. The summed E-state index contributed by atoms with van der Waals surface area (Å²) >= 11 is 7.79. The zero-order chi connectivity index (χ0) is 23.4. The molecule has 3 heterocycles. The molecule has 0 spiro atoms. The summed E-state index contributed by atoms with van der Waals surface area (Å²) in [6, 6.07) is 19.9. The van der Waals surface area contributed by atoms with Gasteiger partial charge in [0.25, 0.3) is 0 Å². The van der Waals surface area contributed by atoms with E-state index in [1.54, 1.807) is 6.20 Å². The number of nitrogens with zero attached hydrogens (tertiary/aromatic N) is 3. The molecule has 0 unspecified atom stereocenters. The second-order valence-electron chi connectivity index (χ2n) is 8.42. The number of nitrogens with one attached hydrogen (secondary N) is 2. The molecule has 34 heavy (non-hydrogen) atoms. The molecule has 3 N–H and O–H groups in total. The van der Waals surface area contributed by atoms with E-state index in [1.807, 2.05) is 48.5 Å². The van der Waals surface area contributed by atoms with Gasteiger partial charge in [-0.25, -0.2) is 15.0 Å². The van der Waals surface area contributed by atoms with Crippen LogP contribution in [-0.2, 0) is 12.0 Å². The molecule has 6 nitrogen and oxygen atoms in total. The van der Waals surface area contributed by atoms with Gasteiger partial charge in [0.1, 0.15) is 10.6 Å². The molecular weight excluding hydrogens is 466 g/mol. The predicted octanol–water partition coefficient (Wildman–Crippen LogP) is 5.15. The predicted molar refractivity (Wildman–Crippen MR) is 138 cm³/mol. The first-order chi connectivity index (χ1) is 16.6. The van der Waals surface area contributed by atoms with Crippen LogP contribution in [-0.4, -0.2) is 39.7 Å². The number of halogens is 1. The van der Waals surface area contributed by atoms with Crippen molar-refractivity contribution in [2.75, 3.05) is 25.0 Å². The molecule has 8 heteroatoms. The average molecular weight is 492 g/mol. The van der Waals surface area contributed by atoms with Crippen LogP contribution in [0, 0.1) is 0 Å². The Morgan fingerprint density at radius 3 is 2.65 bits per heavy atom. The van der Waals surface area contributed by atoms with Gasteiger partial charge < -0.3 is 15.7 Å². The lowest BCUT2D eigenvalue weighted by atomic mass is 9.93. The van der Waals surface area contributed by atoms with E-state index in [4.69, 9.17) is 21.6 Å². The number of anilines is 1. The second-order valence-corrected chi connectivity index (χ2v) is 9.85. The Balaban J connectivity index is 1.46. The summed E-state index contributed by atoms with van der Waals surface area (Å²) in [5.41, 5.74) is 2.78. The molecule has 0 bridgehead atoms. The zero-order valence-corrected chi connectivity index (χ0v) is 20.2. The summed E-state index contributed by atoms with van der Waals surface area (Å²) in [7, 11) is 0. The van der Waals surface area contributed by atoms with Crippen molar-refractivity contribution in [2.24, 2.45) is 0 Å². The smallest absolute Gasteiger partial charge is 0.223 e. The molecular formula is C26H26ClN5OS. The molecule has 5 rings (SSSR count). The van der Waals surface area contributed by atoms with E-state index in [-0.39, 0.29) is 0 Å². The monoisotopic (exact) mass is 491 g/mol. The van der Waals surface area contributed by atoms with Crippen molar-refractivity contribution < 1.29 is 5.11 Å². The summed E-state index contributed by atoms with van der Waals surface area (Å²) in [4.78, 5) is 15.0. The van der Waals surface area contributed by atoms with Crippen LogP contribution in [0.25, 0.3) is 21.8 Å². The first-order valence-corrected chi connectivity index (χ1v) is 12.6. The van der Waals surface area contributed by atoms with E-state index in [1.165, 1.54) is 16.9 Å². The molecule has 2 aromatic heterocycles. The number of piperidine rings is 1. The maximum atomic E-state index is 11.3. The number of rotatable bonds is 7. The lowest BCUT2D eigenvalue weighted by molar-refractivity contribution is 0.00582. The third kappa shape index (κ3) is 5.13. The van der Waals surface area contributed by atoms with Gasteiger partial charge in [-0.15, -0.1) is 11.3 Å². The van der Waals surface area contributed by atoms with Crippen molar-refractivity contribution in [3.05, 3.63) is 82.5 Å². The molecule has 1 aliphatic heterocycles. The Kier molecular flexibility index (Phi) is 6.87. The number of hydrogen-bond donors (Lipinski definition) is 3. The molecule has 0 atom stereocenters. The van der Waals surface area contributed by atoms with Crippen LogP contribution in [0.5, 0.6) is 0 Å². The van der Waals surface area contributed by atoms with E-state index in [9.17, 15) is 5.11 Å². The van der Waals surface area contributed by atoms with E-state index < -0.39 is 5.60 Å². The van der Waals surface area contributed by atoms with E-state index >= 15 is 0 Å². The standard InChI is InChI=1S/C26H26ClN5OS/c27-20-8-4-7-19(17-20)22-23(34-24(32-22)26(33)11-15-28-16-12-26)21-10-14-30-25(31-21)29-13-9-18-5-2-1-3-6-18/h1-8,10,14,17,28,33H,9,11-13,15-16H2,(H,29,30,31). The molecule has 1 saturated heterocycles. The van der Waals surface area contributed by atoms with Crippen LogP contribution >= 0.6 is 22.9 Å². The Morgan fingerprint density at radius 1 is 1.03 bits per heavy atom. The minimum Gasteiger partial charge on any atom is -0.383 e. The maximum Gasteiger partial charge on any atom is 0.223 e. The van der Waals surface area contributed by atoms with E-state index in [0.717, 1.165) is 52.9 Å². The molecule has 2 aromatic carbocycles. The Hall–Kier alpha value is -2.84. The largest absolute Gasteiger partial charge is 0.383 e. The number of benzene rings is 2. The molecule has 0 amide bonds. The van der Waals surface area contributed by atoms with Gasteiger partial charge in [-0.3, -0.25) is 0 Å². The number of aromatic nitrogens is 3. The highest BCUT2D eigenvalue weighted by atomic mass is 35.5.